The summed E-state index contributed by atoms with van der Waals surface area (Å²) in [6, 6.07) is 33.7. The number of hydrogen-bond donors (Lipinski definition) is 0. The summed E-state index contributed by atoms with van der Waals surface area (Å²) in [5.41, 5.74) is 12.3. The second-order valence-electron chi connectivity index (χ2n) is 8.72. The molecule has 0 bridgehead atoms. The molecule has 1 atom stereocenters. The third-order valence-electron chi connectivity index (χ3n) is 7.07. The molecule has 0 aromatic heterocycles. The van der Waals surface area contributed by atoms with E-state index in [1.54, 1.807) is 0 Å². The van der Waals surface area contributed by atoms with Gasteiger partial charge in [0.1, 0.15) is 0 Å². The van der Waals surface area contributed by atoms with Gasteiger partial charge >= 0.3 is 0 Å². The van der Waals surface area contributed by atoms with Crippen LogP contribution in [0.15, 0.2) is 97.1 Å². The van der Waals surface area contributed by atoms with Crippen LogP contribution in [-0.2, 0) is 5.41 Å². The first-order valence-corrected chi connectivity index (χ1v) is 10.7. The van der Waals surface area contributed by atoms with E-state index in [2.05, 4.69) is 117 Å². The van der Waals surface area contributed by atoms with Crippen molar-refractivity contribution in [2.45, 2.75) is 25.2 Å². The van der Waals surface area contributed by atoms with Crippen LogP contribution >= 0.6 is 0 Å². The fourth-order valence-electron chi connectivity index (χ4n) is 5.74. The molecule has 4 aromatic rings. The molecule has 0 saturated carbocycles. The molecule has 0 heteroatoms. The average Bonchev–Trinajstić information content (AvgIpc) is 3.12. The molecule has 4 aromatic carbocycles. The Morgan fingerprint density at radius 1 is 0.667 bits per heavy atom. The van der Waals surface area contributed by atoms with Crippen LogP contribution < -0.4 is 0 Å². The zero-order chi connectivity index (χ0) is 20.3. The van der Waals surface area contributed by atoms with E-state index in [4.69, 9.17) is 0 Å². The average molecular weight is 385 g/mol. The van der Waals surface area contributed by atoms with Crippen molar-refractivity contribution in [3.8, 4) is 11.1 Å². The van der Waals surface area contributed by atoms with Gasteiger partial charge in [-0.05, 0) is 58.4 Å². The molecule has 0 nitrogen and oxygen atoms in total. The van der Waals surface area contributed by atoms with Gasteiger partial charge in [0.15, 0.2) is 0 Å². The van der Waals surface area contributed by atoms with E-state index in [0.29, 0.717) is 0 Å². The smallest absolute Gasteiger partial charge is 0.0494 e. The lowest BCUT2D eigenvalue weighted by atomic mass is 9.59. The summed E-state index contributed by atoms with van der Waals surface area (Å²) in [7, 11) is 0. The van der Waals surface area contributed by atoms with Gasteiger partial charge in [-0.1, -0.05) is 109 Å². The molecule has 0 heterocycles. The van der Waals surface area contributed by atoms with E-state index in [-0.39, 0.29) is 11.3 Å². The molecule has 1 unspecified atom stereocenters. The van der Waals surface area contributed by atoms with Crippen molar-refractivity contribution in [1.82, 2.24) is 0 Å². The number of allylic oxidation sites excluding steroid dienone is 1. The van der Waals surface area contributed by atoms with Crippen molar-refractivity contribution in [1.29, 1.82) is 0 Å². The Kier molecular flexibility index (Phi) is 3.67. The largest absolute Gasteiger partial charge is 0.0680 e. The molecule has 0 fully saturated rings. The molecule has 0 radical (unpaired) electrons. The summed E-state index contributed by atoms with van der Waals surface area (Å²) in [4.78, 5) is 0. The molecule has 0 aliphatic heterocycles. The lowest BCUT2D eigenvalue weighted by molar-refractivity contribution is 0.561. The zero-order valence-corrected chi connectivity index (χ0v) is 17.4. The molecule has 0 amide bonds. The van der Waals surface area contributed by atoms with E-state index in [1.807, 2.05) is 0 Å². The lowest BCUT2D eigenvalue weighted by Gasteiger charge is -2.42. The van der Waals surface area contributed by atoms with Crippen molar-refractivity contribution in [3.63, 3.8) is 0 Å². The minimum Gasteiger partial charge on any atom is -0.0680 e. The first-order chi connectivity index (χ1) is 14.7. The van der Waals surface area contributed by atoms with Gasteiger partial charge in [-0.3, -0.25) is 0 Å². The second kappa shape index (κ2) is 6.31. The third kappa shape index (κ3) is 2.22. The highest BCUT2D eigenvalue weighted by molar-refractivity contribution is 5.88. The molecule has 6 rings (SSSR count). The molecule has 2 aliphatic rings. The second-order valence-corrected chi connectivity index (χ2v) is 8.72. The SMILES string of the molecule is Cc1ccc2c(c1)C1c3c-2ccc(C)c3C=CC1(c1ccccc1)c1ccccc1. The fourth-order valence-corrected chi connectivity index (χ4v) is 5.74. The van der Waals surface area contributed by atoms with Crippen LogP contribution in [0.2, 0.25) is 0 Å². The number of aryl methyl sites for hydroxylation is 2. The summed E-state index contributed by atoms with van der Waals surface area (Å²) in [6.45, 7) is 4.45. The van der Waals surface area contributed by atoms with Gasteiger partial charge in [-0.25, -0.2) is 0 Å². The maximum Gasteiger partial charge on any atom is 0.0494 e. The van der Waals surface area contributed by atoms with Crippen LogP contribution in [0.5, 0.6) is 0 Å². The Hall–Kier alpha value is -3.38. The minimum atomic E-state index is -0.225. The van der Waals surface area contributed by atoms with E-state index in [1.165, 1.54) is 50.1 Å². The van der Waals surface area contributed by atoms with Crippen molar-refractivity contribution in [3.05, 3.63) is 136 Å². The van der Waals surface area contributed by atoms with Gasteiger partial charge in [-0.15, -0.1) is 0 Å². The van der Waals surface area contributed by atoms with E-state index in [0.717, 1.165) is 0 Å². The van der Waals surface area contributed by atoms with Gasteiger partial charge in [0, 0.05) is 11.3 Å². The number of rotatable bonds is 2. The normalized spacial score (nSPS) is 17.5. The van der Waals surface area contributed by atoms with Crippen molar-refractivity contribution in [2.24, 2.45) is 0 Å². The lowest BCUT2D eigenvalue weighted by Crippen LogP contribution is -2.35. The zero-order valence-electron chi connectivity index (χ0n) is 17.4. The highest BCUT2D eigenvalue weighted by atomic mass is 14.5. The maximum absolute atomic E-state index is 2.47. The van der Waals surface area contributed by atoms with Crippen molar-refractivity contribution in [2.75, 3.05) is 0 Å². The van der Waals surface area contributed by atoms with Crippen LogP contribution in [0, 0.1) is 13.8 Å². The summed E-state index contributed by atoms with van der Waals surface area (Å²) in [6.07, 6.45) is 4.85. The molecular weight excluding hydrogens is 360 g/mol. The summed E-state index contributed by atoms with van der Waals surface area (Å²) in [5.74, 6) is 0.270. The van der Waals surface area contributed by atoms with Crippen LogP contribution in [0.4, 0.5) is 0 Å². The molecule has 30 heavy (non-hydrogen) atoms. The third-order valence-corrected chi connectivity index (χ3v) is 7.07. The van der Waals surface area contributed by atoms with Gasteiger partial charge in [-0.2, -0.15) is 0 Å². The fraction of sp³-hybridized carbons (Fsp3) is 0.133. The summed E-state index contributed by atoms with van der Waals surface area (Å²) >= 11 is 0. The Bertz CT molecular complexity index is 1250. The molecular formula is C30H24. The monoisotopic (exact) mass is 384 g/mol. The van der Waals surface area contributed by atoms with Crippen molar-refractivity contribution < 1.29 is 0 Å². The van der Waals surface area contributed by atoms with Gasteiger partial charge in [0.25, 0.3) is 0 Å². The van der Waals surface area contributed by atoms with E-state index >= 15 is 0 Å². The Balaban J connectivity index is 1.77. The molecule has 144 valence electrons. The minimum absolute atomic E-state index is 0.225. The maximum atomic E-state index is 2.47. The van der Waals surface area contributed by atoms with Crippen LogP contribution in [0.25, 0.3) is 17.2 Å². The predicted molar refractivity (Wildman–Crippen MR) is 126 cm³/mol. The number of hydrogen-bond acceptors (Lipinski definition) is 0. The molecule has 0 spiro atoms. The summed E-state index contributed by atoms with van der Waals surface area (Å²) in [5, 5.41) is 0. The highest BCUT2D eigenvalue weighted by Gasteiger charge is 2.49. The Morgan fingerprint density at radius 3 is 1.97 bits per heavy atom. The number of fused-ring (bicyclic) bond motifs is 3. The molecule has 2 aliphatic carbocycles. The van der Waals surface area contributed by atoms with Crippen LogP contribution in [-0.4, -0.2) is 0 Å². The summed E-state index contributed by atoms with van der Waals surface area (Å²) < 4.78 is 0. The standard InChI is InChI=1S/C30H24/c1-20-13-15-25-26-16-14-21(2)24-17-18-30(22-9-5-3-6-10-22,23-11-7-4-8-12-23)29(28(24)26)27(25)19-20/h3-19,29H,1-2H3. The molecule has 0 saturated heterocycles. The predicted octanol–water partition coefficient (Wildman–Crippen LogP) is 7.43. The highest BCUT2D eigenvalue weighted by Crippen LogP contribution is 2.60. The van der Waals surface area contributed by atoms with E-state index in [9.17, 15) is 0 Å². The number of benzene rings is 4. The van der Waals surface area contributed by atoms with E-state index < -0.39 is 0 Å². The van der Waals surface area contributed by atoms with Gasteiger partial charge in [0.05, 0.1) is 0 Å². The van der Waals surface area contributed by atoms with Crippen LogP contribution in [0.1, 0.15) is 44.9 Å². The topological polar surface area (TPSA) is 0 Å². The first-order valence-electron chi connectivity index (χ1n) is 10.7. The van der Waals surface area contributed by atoms with Crippen molar-refractivity contribution >= 4 is 6.08 Å². The van der Waals surface area contributed by atoms with Crippen LogP contribution in [0.3, 0.4) is 0 Å². The van der Waals surface area contributed by atoms with Gasteiger partial charge < -0.3 is 0 Å². The Labute approximate surface area is 178 Å². The first kappa shape index (κ1) is 17.5. The van der Waals surface area contributed by atoms with Gasteiger partial charge in [0.2, 0.25) is 0 Å². The Morgan fingerprint density at radius 2 is 1.30 bits per heavy atom. The quantitative estimate of drug-likeness (QED) is 0.337. The molecule has 0 N–H and O–H groups in total.